The van der Waals surface area contributed by atoms with Gasteiger partial charge in [-0.15, -0.1) is 0 Å². The predicted octanol–water partition coefficient (Wildman–Crippen LogP) is 4.09. The fourth-order valence-electron chi connectivity index (χ4n) is 3.47. The second-order valence-corrected chi connectivity index (χ2v) is 7.59. The summed E-state index contributed by atoms with van der Waals surface area (Å²) in [5.41, 5.74) is -0.823. The highest BCUT2D eigenvalue weighted by atomic mass is 32.1. The first-order chi connectivity index (χ1) is 11.9. The number of rotatable bonds is 3. The Balaban J connectivity index is 1.42. The molecule has 134 valence electrons. The highest BCUT2D eigenvalue weighted by Crippen LogP contribution is 2.38. The molecular weight excluding hydrogens is 353 g/mol. The summed E-state index contributed by atoms with van der Waals surface area (Å²) in [6.45, 7) is 0.967. The van der Waals surface area contributed by atoms with E-state index in [0.29, 0.717) is 17.8 Å². The van der Waals surface area contributed by atoms with Crippen LogP contribution in [0.4, 0.5) is 13.2 Å². The zero-order chi connectivity index (χ0) is 17.6. The molecule has 2 aliphatic rings. The van der Waals surface area contributed by atoms with Crippen molar-refractivity contribution in [3.8, 4) is 5.19 Å². The van der Waals surface area contributed by atoms with Gasteiger partial charge >= 0.3 is 6.18 Å². The molecule has 0 unspecified atom stereocenters. The Labute approximate surface area is 146 Å². The average Bonchev–Trinajstić information content (AvgIpc) is 3.17. The Hall–Kier alpha value is -1.83. The van der Waals surface area contributed by atoms with Gasteiger partial charge in [0.2, 0.25) is 5.91 Å². The Morgan fingerprint density at radius 2 is 1.96 bits per heavy atom. The van der Waals surface area contributed by atoms with Gasteiger partial charge in [0.25, 0.3) is 5.19 Å². The number of aromatic nitrogens is 1. The SMILES string of the molecule is O=C(C1CCCC1)N1CC(Oc2nc3c(C(F)(F)F)cccc3s2)C1. The summed E-state index contributed by atoms with van der Waals surface area (Å²) in [5.74, 6) is 0.318. The largest absolute Gasteiger partial charge is 0.463 e. The number of hydrogen-bond donors (Lipinski definition) is 0. The van der Waals surface area contributed by atoms with Gasteiger partial charge in [-0.3, -0.25) is 4.79 Å². The lowest BCUT2D eigenvalue weighted by atomic mass is 10.0. The first-order valence-electron chi connectivity index (χ1n) is 8.34. The molecule has 1 saturated heterocycles. The normalized spacial score (nSPS) is 19.4. The van der Waals surface area contributed by atoms with E-state index in [2.05, 4.69) is 4.98 Å². The predicted molar refractivity (Wildman–Crippen MR) is 87.6 cm³/mol. The van der Waals surface area contributed by atoms with Gasteiger partial charge in [-0.1, -0.05) is 30.2 Å². The zero-order valence-electron chi connectivity index (χ0n) is 13.4. The van der Waals surface area contributed by atoms with Crippen LogP contribution in [0, 0.1) is 5.92 Å². The molecule has 1 amide bonds. The van der Waals surface area contributed by atoms with Crippen LogP contribution >= 0.6 is 11.3 Å². The third-order valence-corrected chi connectivity index (χ3v) is 5.75. The molecule has 2 fully saturated rings. The van der Waals surface area contributed by atoms with Gasteiger partial charge < -0.3 is 9.64 Å². The minimum absolute atomic E-state index is 0.0757. The van der Waals surface area contributed by atoms with Crippen LogP contribution in [0.1, 0.15) is 31.2 Å². The molecule has 25 heavy (non-hydrogen) atoms. The van der Waals surface area contributed by atoms with Crippen LogP contribution in [-0.4, -0.2) is 35.0 Å². The quantitative estimate of drug-likeness (QED) is 0.817. The van der Waals surface area contributed by atoms with Gasteiger partial charge in [-0.25, -0.2) is 4.98 Å². The van der Waals surface area contributed by atoms with Crippen molar-refractivity contribution >= 4 is 27.5 Å². The molecule has 2 aromatic rings. The van der Waals surface area contributed by atoms with Crippen LogP contribution in [-0.2, 0) is 11.0 Å². The molecule has 1 aromatic heterocycles. The van der Waals surface area contributed by atoms with Crippen molar-refractivity contribution in [2.75, 3.05) is 13.1 Å². The maximum Gasteiger partial charge on any atom is 0.418 e. The van der Waals surface area contributed by atoms with E-state index in [1.165, 1.54) is 6.07 Å². The Bertz CT molecular complexity index is 793. The summed E-state index contributed by atoms with van der Waals surface area (Å²) in [6.07, 6.45) is -0.501. The zero-order valence-corrected chi connectivity index (χ0v) is 14.2. The summed E-state index contributed by atoms with van der Waals surface area (Å²) in [4.78, 5) is 18.0. The van der Waals surface area contributed by atoms with Gasteiger partial charge in [-0.2, -0.15) is 13.2 Å². The maximum absolute atomic E-state index is 13.0. The van der Waals surface area contributed by atoms with Crippen LogP contribution < -0.4 is 4.74 Å². The number of alkyl halides is 3. The standard InChI is InChI=1S/C17H17F3N2O2S/c18-17(19,20)12-6-3-7-13-14(12)21-16(25-13)24-11-8-22(9-11)15(23)10-4-1-2-5-10/h3,6-7,10-11H,1-2,4-5,8-9H2. The van der Waals surface area contributed by atoms with Crippen LogP contribution in [0.25, 0.3) is 10.2 Å². The van der Waals surface area contributed by atoms with Crippen LogP contribution in [0.3, 0.4) is 0 Å². The van der Waals surface area contributed by atoms with Crippen LogP contribution in [0.2, 0.25) is 0 Å². The molecule has 0 radical (unpaired) electrons. The molecule has 4 rings (SSSR count). The van der Waals surface area contributed by atoms with Crippen molar-refractivity contribution < 1.29 is 22.7 Å². The molecule has 0 bridgehead atoms. The number of carbonyl (C=O) groups excluding carboxylic acids is 1. The number of amides is 1. The Morgan fingerprint density at radius 3 is 2.64 bits per heavy atom. The van der Waals surface area contributed by atoms with E-state index >= 15 is 0 Å². The van der Waals surface area contributed by atoms with Crippen molar-refractivity contribution in [3.05, 3.63) is 23.8 Å². The fourth-order valence-corrected chi connectivity index (χ4v) is 4.38. The molecule has 1 saturated carbocycles. The molecule has 1 aliphatic heterocycles. The van der Waals surface area contributed by atoms with Crippen molar-refractivity contribution in [3.63, 3.8) is 0 Å². The van der Waals surface area contributed by atoms with Gasteiger partial charge in [0.15, 0.2) is 0 Å². The number of benzene rings is 1. The van der Waals surface area contributed by atoms with E-state index in [1.54, 1.807) is 11.0 Å². The lowest BCUT2D eigenvalue weighted by molar-refractivity contribution is -0.144. The van der Waals surface area contributed by atoms with E-state index in [4.69, 9.17) is 4.74 Å². The lowest BCUT2D eigenvalue weighted by Gasteiger charge is -2.39. The highest BCUT2D eigenvalue weighted by Gasteiger charge is 2.38. The van der Waals surface area contributed by atoms with Crippen LogP contribution in [0.5, 0.6) is 5.19 Å². The second kappa shape index (κ2) is 6.16. The molecule has 0 spiro atoms. The van der Waals surface area contributed by atoms with Crippen molar-refractivity contribution in [1.82, 2.24) is 9.88 Å². The summed E-state index contributed by atoms with van der Waals surface area (Å²) < 4.78 is 45.2. The first kappa shape index (κ1) is 16.6. The molecule has 0 N–H and O–H groups in total. The number of thiazole rings is 1. The van der Waals surface area contributed by atoms with E-state index in [-0.39, 0.29) is 28.6 Å². The number of para-hydroxylation sites is 1. The van der Waals surface area contributed by atoms with Crippen molar-refractivity contribution in [2.45, 2.75) is 38.0 Å². The first-order valence-corrected chi connectivity index (χ1v) is 9.15. The molecule has 2 heterocycles. The summed E-state index contributed by atoms with van der Waals surface area (Å²) in [5, 5.41) is 0.227. The lowest BCUT2D eigenvalue weighted by Crippen LogP contribution is -2.57. The molecule has 0 atom stereocenters. The van der Waals surface area contributed by atoms with E-state index in [0.717, 1.165) is 43.1 Å². The van der Waals surface area contributed by atoms with Crippen molar-refractivity contribution in [2.24, 2.45) is 5.92 Å². The number of carbonyl (C=O) groups is 1. The van der Waals surface area contributed by atoms with Crippen LogP contribution in [0.15, 0.2) is 18.2 Å². The third kappa shape index (κ3) is 3.19. The topological polar surface area (TPSA) is 42.4 Å². The number of nitrogens with zero attached hydrogens (tertiary/aromatic N) is 2. The van der Waals surface area contributed by atoms with Crippen molar-refractivity contribution in [1.29, 1.82) is 0 Å². The van der Waals surface area contributed by atoms with E-state index < -0.39 is 11.7 Å². The summed E-state index contributed by atoms with van der Waals surface area (Å²) >= 11 is 1.10. The van der Waals surface area contributed by atoms with E-state index in [9.17, 15) is 18.0 Å². The highest BCUT2D eigenvalue weighted by molar-refractivity contribution is 7.20. The van der Waals surface area contributed by atoms with E-state index in [1.807, 2.05) is 0 Å². The monoisotopic (exact) mass is 370 g/mol. The third-order valence-electron chi connectivity index (χ3n) is 4.84. The number of hydrogen-bond acceptors (Lipinski definition) is 4. The fraction of sp³-hybridized carbons (Fsp3) is 0.529. The number of halogens is 3. The Morgan fingerprint density at radius 1 is 1.24 bits per heavy atom. The molecule has 1 aromatic carbocycles. The van der Waals surface area contributed by atoms with Gasteiger partial charge in [0.1, 0.15) is 6.10 Å². The molecular formula is C17H17F3N2O2S. The minimum Gasteiger partial charge on any atom is -0.463 e. The maximum atomic E-state index is 13.0. The number of fused-ring (bicyclic) bond motifs is 1. The molecule has 1 aliphatic carbocycles. The second-order valence-electron chi connectivity index (χ2n) is 6.59. The number of likely N-dealkylation sites (tertiary alicyclic amines) is 1. The number of ether oxygens (including phenoxy) is 1. The average molecular weight is 370 g/mol. The Kier molecular flexibility index (Phi) is 4.10. The molecule has 4 nitrogen and oxygen atoms in total. The van der Waals surface area contributed by atoms with Gasteiger partial charge in [0, 0.05) is 5.92 Å². The molecule has 8 heteroatoms. The smallest absolute Gasteiger partial charge is 0.418 e. The minimum atomic E-state index is -4.44. The summed E-state index contributed by atoms with van der Waals surface area (Å²) in [7, 11) is 0. The summed E-state index contributed by atoms with van der Waals surface area (Å²) in [6, 6.07) is 4.00. The van der Waals surface area contributed by atoms with Gasteiger partial charge in [0.05, 0.1) is 28.9 Å². The van der Waals surface area contributed by atoms with Gasteiger partial charge in [-0.05, 0) is 25.0 Å².